The number of allylic oxidation sites excluding steroid dienone is 2. The largest absolute Gasteiger partial charge is 0.573 e. The summed E-state index contributed by atoms with van der Waals surface area (Å²) in [5, 5.41) is 0. The molecular formula is C25H18F6O. The summed E-state index contributed by atoms with van der Waals surface area (Å²) in [7, 11) is 0. The van der Waals surface area contributed by atoms with Gasteiger partial charge in [0.2, 0.25) is 0 Å². The fraction of sp³-hybridized carbons (Fsp3) is 0.200. The summed E-state index contributed by atoms with van der Waals surface area (Å²) in [5.41, 5.74) is 3.73. The third-order valence-corrected chi connectivity index (χ3v) is 5.49. The van der Waals surface area contributed by atoms with Crippen LogP contribution in [-0.4, -0.2) is 6.36 Å². The highest BCUT2D eigenvalue weighted by Crippen LogP contribution is 2.35. The van der Waals surface area contributed by atoms with Crippen molar-refractivity contribution < 1.29 is 31.1 Å². The average Bonchev–Trinajstić information content (AvgIpc) is 2.73. The van der Waals surface area contributed by atoms with Gasteiger partial charge in [0.1, 0.15) is 11.6 Å². The van der Waals surface area contributed by atoms with E-state index in [2.05, 4.69) is 4.74 Å². The van der Waals surface area contributed by atoms with Crippen LogP contribution in [0.1, 0.15) is 29.2 Å². The molecule has 0 unspecified atom stereocenters. The smallest absolute Gasteiger partial charge is 0.403 e. The van der Waals surface area contributed by atoms with E-state index < -0.39 is 23.7 Å². The van der Waals surface area contributed by atoms with Crippen molar-refractivity contribution in [2.24, 2.45) is 0 Å². The van der Waals surface area contributed by atoms with Crippen molar-refractivity contribution in [2.75, 3.05) is 0 Å². The molecule has 0 aliphatic heterocycles. The zero-order valence-corrected chi connectivity index (χ0v) is 17.0. The highest BCUT2D eigenvalue weighted by Gasteiger charge is 2.32. The van der Waals surface area contributed by atoms with Gasteiger partial charge in [-0.05, 0) is 77.4 Å². The first kappa shape index (κ1) is 22.0. The molecule has 4 rings (SSSR count). The maximum atomic E-state index is 14.8. The molecule has 1 aliphatic carbocycles. The Morgan fingerprint density at radius 2 is 1.56 bits per heavy atom. The van der Waals surface area contributed by atoms with Crippen LogP contribution >= 0.6 is 0 Å². The van der Waals surface area contributed by atoms with E-state index in [1.807, 2.05) is 19.1 Å². The van der Waals surface area contributed by atoms with Crippen LogP contribution in [0.2, 0.25) is 0 Å². The minimum atomic E-state index is -5.03. The van der Waals surface area contributed by atoms with E-state index in [0.29, 0.717) is 24.0 Å². The molecule has 0 atom stereocenters. The fourth-order valence-electron chi connectivity index (χ4n) is 3.87. The Morgan fingerprint density at radius 1 is 0.812 bits per heavy atom. The van der Waals surface area contributed by atoms with E-state index >= 15 is 0 Å². The minimum Gasteiger partial charge on any atom is -0.403 e. The Morgan fingerprint density at radius 3 is 2.22 bits per heavy atom. The van der Waals surface area contributed by atoms with Gasteiger partial charge in [0, 0.05) is 11.1 Å². The maximum absolute atomic E-state index is 14.8. The molecule has 32 heavy (non-hydrogen) atoms. The Hall–Kier alpha value is -3.22. The Bertz CT molecular complexity index is 1210. The molecule has 1 aliphatic rings. The van der Waals surface area contributed by atoms with Crippen molar-refractivity contribution in [3.05, 3.63) is 94.3 Å². The highest BCUT2D eigenvalue weighted by atomic mass is 19.4. The molecular weight excluding hydrogens is 430 g/mol. The van der Waals surface area contributed by atoms with Crippen molar-refractivity contribution in [2.45, 2.75) is 32.5 Å². The Kier molecular flexibility index (Phi) is 5.75. The topological polar surface area (TPSA) is 9.23 Å². The van der Waals surface area contributed by atoms with E-state index in [4.69, 9.17) is 0 Å². The van der Waals surface area contributed by atoms with Gasteiger partial charge >= 0.3 is 6.36 Å². The third kappa shape index (κ3) is 4.52. The second-order valence-corrected chi connectivity index (χ2v) is 7.57. The molecule has 0 N–H and O–H groups in total. The van der Waals surface area contributed by atoms with Crippen LogP contribution in [-0.2, 0) is 19.3 Å². The standard InChI is InChI=1S/C25H18F6O/c1-2-14-3-7-19(21(26)9-14)16-5-4-15-11-20(22(27)13-18(15)10-16)17-6-8-24(23(28)12-17)32-25(29,30)31/h3,5-9,11-13H,2,4,10H2,1H3. The summed E-state index contributed by atoms with van der Waals surface area (Å²) in [4.78, 5) is 0. The maximum Gasteiger partial charge on any atom is 0.573 e. The van der Waals surface area contributed by atoms with Crippen molar-refractivity contribution in [1.29, 1.82) is 0 Å². The van der Waals surface area contributed by atoms with Crippen molar-refractivity contribution in [3.63, 3.8) is 0 Å². The van der Waals surface area contributed by atoms with Crippen LogP contribution in [0.3, 0.4) is 0 Å². The summed E-state index contributed by atoms with van der Waals surface area (Å²) in [6.07, 6.45) is -1.68. The second-order valence-electron chi connectivity index (χ2n) is 7.57. The quantitative estimate of drug-likeness (QED) is 0.378. The van der Waals surface area contributed by atoms with Crippen LogP contribution in [0, 0.1) is 17.5 Å². The highest BCUT2D eigenvalue weighted by molar-refractivity contribution is 5.73. The zero-order chi connectivity index (χ0) is 23.0. The molecule has 0 saturated heterocycles. The number of ether oxygens (including phenoxy) is 1. The third-order valence-electron chi connectivity index (χ3n) is 5.49. The molecule has 0 amide bonds. The van der Waals surface area contributed by atoms with E-state index in [9.17, 15) is 26.3 Å². The number of rotatable bonds is 4. The van der Waals surface area contributed by atoms with Gasteiger partial charge in [-0.15, -0.1) is 13.2 Å². The van der Waals surface area contributed by atoms with Gasteiger partial charge in [-0.3, -0.25) is 0 Å². The molecule has 0 aromatic heterocycles. The summed E-state index contributed by atoms with van der Waals surface area (Å²) < 4.78 is 84.1. The SMILES string of the molecule is CCc1ccc(C2=CCc3cc(-c4ccc(OC(F)(F)F)c(F)c4)c(F)cc3C2)c(F)c1. The average molecular weight is 448 g/mol. The van der Waals surface area contributed by atoms with Gasteiger partial charge in [0.15, 0.2) is 11.6 Å². The van der Waals surface area contributed by atoms with Gasteiger partial charge in [0.25, 0.3) is 0 Å². The van der Waals surface area contributed by atoms with Crippen LogP contribution in [0.5, 0.6) is 5.75 Å². The summed E-state index contributed by atoms with van der Waals surface area (Å²) in [6, 6.07) is 10.7. The number of benzene rings is 3. The molecule has 166 valence electrons. The molecule has 0 saturated carbocycles. The first-order valence-corrected chi connectivity index (χ1v) is 9.99. The van der Waals surface area contributed by atoms with Crippen LogP contribution in [0.15, 0.2) is 54.6 Å². The van der Waals surface area contributed by atoms with E-state index in [1.165, 1.54) is 18.2 Å². The Labute approximate surface area is 181 Å². The number of hydrogen-bond donors (Lipinski definition) is 0. The van der Waals surface area contributed by atoms with Gasteiger partial charge in [-0.1, -0.05) is 31.2 Å². The molecule has 0 fully saturated rings. The first-order valence-electron chi connectivity index (χ1n) is 9.99. The monoisotopic (exact) mass is 448 g/mol. The van der Waals surface area contributed by atoms with Crippen molar-refractivity contribution in [1.82, 2.24) is 0 Å². The van der Waals surface area contributed by atoms with E-state index in [-0.39, 0.29) is 16.9 Å². The molecule has 0 bridgehead atoms. The van der Waals surface area contributed by atoms with Crippen LogP contribution in [0.25, 0.3) is 16.7 Å². The molecule has 7 heteroatoms. The zero-order valence-electron chi connectivity index (χ0n) is 17.0. The van der Waals surface area contributed by atoms with Gasteiger partial charge in [-0.2, -0.15) is 0 Å². The predicted molar refractivity (Wildman–Crippen MR) is 110 cm³/mol. The normalized spacial score (nSPS) is 13.5. The summed E-state index contributed by atoms with van der Waals surface area (Å²) >= 11 is 0. The molecule has 0 radical (unpaired) electrons. The summed E-state index contributed by atoms with van der Waals surface area (Å²) in [6.45, 7) is 1.94. The van der Waals surface area contributed by atoms with Gasteiger partial charge < -0.3 is 4.74 Å². The molecule has 0 heterocycles. The first-order chi connectivity index (χ1) is 15.1. The summed E-state index contributed by atoms with van der Waals surface area (Å²) in [5.74, 6) is -3.20. The van der Waals surface area contributed by atoms with Crippen LogP contribution < -0.4 is 4.74 Å². The second kappa shape index (κ2) is 8.37. The lowest BCUT2D eigenvalue weighted by Crippen LogP contribution is -2.17. The molecule has 1 nitrogen and oxygen atoms in total. The Balaban J connectivity index is 1.63. The van der Waals surface area contributed by atoms with E-state index in [0.717, 1.165) is 35.3 Å². The van der Waals surface area contributed by atoms with Gasteiger partial charge in [-0.25, -0.2) is 13.2 Å². The number of alkyl halides is 3. The van der Waals surface area contributed by atoms with Crippen molar-refractivity contribution in [3.8, 4) is 16.9 Å². The molecule has 3 aromatic rings. The fourth-order valence-corrected chi connectivity index (χ4v) is 3.87. The van der Waals surface area contributed by atoms with Crippen molar-refractivity contribution >= 4 is 5.57 Å². The lowest BCUT2D eigenvalue weighted by Gasteiger charge is -2.20. The predicted octanol–water partition coefficient (Wildman–Crippen LogP) is 7.41. The number of aryl methyl sites for hydroxylation is 1. The minimum absolute atomic E-state index is 0.0662. The molecule has 3 aromatic carbocycles. The lowest BCUT2D eigenvalue weighted by atomic mass is 9.85. The number of hydrogen-bond acceptors (Lipinski definition) is 1. The number of halogens is 6. The van der Waals surface area contributed by atoms with Gasteiger partial charge in [0.05, 0.1) is 0 Å². The molecule has 0 spiro atoms. The van der Waals surface area contributed by atoms with Crippen LogP contribution in [0.4, 0.5) is 26.3 Å². The van der Waals surface area contributed by atoms with E-state index in [1.54, 1.807) is 12.1 Å². The lowest BCUT2D eigenvalue weighted by molar-refractivity contribution is -0.275. The number of fused-ring (bicyclic) bond motifs is 1.